The number of ether oxygens (including phenoxy) is 2. The lowest BCUT2D eigenvalue weighted by atomic mass is 9.86. The minimum Gasteiger partial charge on any atom is -0.490 e. The van der Waals surface area contributed by atoms with E-state index in [1.165, 1.54) is 19.4 Å². The topological polar surface area (TPSA) is 114 Å². The maximum absolute atomic E-state index is 12.7. The van der Waals surface area contributed by atoms with Crippen LogP contribution in [0, 0.1) is 23.2 Å². The number of nitrogens with one attached hydrogen (secondary N) is 2. The molecule has 0 aromatic heterocycles. The van der Waals surface area contributed by atoms with E-state index in [4.69, 9.17) is 9.47 Å². The Labute approximate surface area is 226 Å². The van der Waals surface area contributed by atoms with Gasteiger partial charge in [-0.1, -0.05) is 63.6 Å². The predicted molar refractivity (Wildman–Crippen MR) is 148 cm³/mol. The zero-order valence-corrected chi connectivity index (χ0v) is 23.5. The molecule has 3 N–H and O–H groups in total. The van der Waals surface area contributed by atoms with Crippen molar-refractivity contribution in [1.29, 1.82) is 0 Å². The van der Waals surface area contributed by atoms with E-state index < -0.39 is 29.4 Å². The van der Waals surface area contributed by atoms with Gasteiger partial charge < -0.3 is 25.2 Å². The summed E-state index contributed by atoms with van der Waals surface area (Å²) in [5.74, 6) is 4.56. The van der Waals surface area contributed by atoms with Crippen molar-refractivity contribution in [2.75, 3.05) is 7.11 Å². The lowest BCUT2D eigenvalue weighted by Gasteiger charge is -2.29. The van der Waals surface area contributed by atoms with E-state index >= 15 is 0 Å². The van der Waals surface area contributed by atoms with Gasteiger partial charge in [0.2, 0.25) is 11.8 Å². The molecule has 1 aliphatic heterocycles. The molecule has 38 heavy (non-hydrogen) atoms. The zero-order valence-electron chi connectivity index (χ0n) is 23.5. The summed E-state index contributed by atoms with van der Waals surface area (Å²) in [6.45, 7) is 11.2. The Hall–Kier alpha value is -3.57. The van der Waals surface area contributed by atoms with Gasteiger partial charge in [0.05, 0.1) is 13.2 Å². The molecule has 8 heteroatoms. The maximum Gasteiger partial charge on any atom is 0.373 e. The number of amides is 2. The van der Waals surface area contributed by atoms with Gasteiger partial charge >= 0.3 is 5.97 Å². The molecule has 4 unspecified atom stereocenters. The van der Waals surface area contributed by atoms with E-state index in [1.807, 2.05) is 46.8 Å². The van der Waals surface area contributed by atoms with E-state index in [2.05, 4.69) is 22.5 Å². The molecule has 2 amide bonds. The standard InChI is InChI=1S/C30H42N2O6/c1-8-9-14-23(33)15-12-19-31-28(35)27(30(4,5)6)32-26(34)16-11-10-13-21(2)20-22(3)24-17-18-25(37-7)29(36)38-24/h10-13,16,18-20,22-24,27,33H,14-15,17H2,1-7H3,(H,31,35)(H,32,34). The summed E-state index contributed by atoms with van der Waals surface area (Å²) < 4.78 is 10.4. The molecular formula is C30H42N2O6. The third-order valence-corrected chi connectivity index (χ3v) is 5.73. The zero-order chi connectivity index (χ0) is 28.7. The molecule has 0 spiro atoms. The number of carbonyl (C=O) groups is 3. The van der Waals surface area contributed by atoms with Gasteiger partial charge in [-0.3, -0.25) is 9.59 Å². The van der Waals surface area contributed by atoms with Gasteiger partial charge in [-0.05, 0) is 38.0 Å². The summed E-state index contributed by atoms with van der Waals surface area (Å²) in [7, 11) is 1.44. The van der Waals surface area contributed by atoms with Gasteiger partial charge in [-0.25, -0.2) is 4.79 Å². The summed E-state index contributed by atoms with van der Waals surface area (Å²) in [6.07, 6.45) is 13.9. The molecule has 1 aliphatic rings. The maximum atomic E-state index is 12.7. The van der Waals surface area contributed by atoms with Gasteiger partial charge in [0.15, 0.2) is 5.76 Å². The number of aliphatic hydroxyl groups is 1. The van der Waals surface area contributed by atoms with Crippen molar-refractivity contribution in [3.05, 3.63) is 60.1 Å². The predicted octanol–water partition coefficient (Wildman–Crippen LogP) is 3.85. The van der Waals surface area contributed by atoms with Gasteiger partial charge in [-0.2, -0.15) is 0 Å². The molecule has 1 rings (SSSR count). The van der Waals surface area contributed by atoms with Crippen LogP contribution < -0.4 is 10.6 Å². The first-order chi connectivity index (χ1) is 17.9. The minimum atomic E-state index is -0.766. The van der Waals surface area contributed by atoms with Crippen molar-refractivity contribution >= 4 is 17.8 Å². The van der Waals surface area contributed by atoms with E-state index in [0.717, 1.165) is 5.57 Å². The average molecular weight is 527 g/mol. The lowest BCUT2D eigenvalue weighted by molar-refractivity contribution is -0.151. The summed E-state index contributed by atoms with van der Waals surface area (Å²) in [6, 6.07) is -0.766. The average Bonchev–Trinajstić information content (AvgIpc) is 2.85. The van der Waals surface area contributed by atoms with E-state index in [1.54, 1.807) is 31.2 Å². The number of aliphatic hydroxyl groups excluding tert-OH is 1. The smallest absolute Gasteiger partial charge is 0.373 e. The molecule has 0 fully saturated rings. The molecular weight excluding hydrogens is 484 g/mol. The highest BCUT2D eigenvalue weighted by Gasteiger charge is 2.32. The van der Waals surface area contributed by atoms with Crippen LogP contribution in [-0.4, -0.2) is 48.2 Å². The molecule has 0 aromatic rings. The Balaban J connectivity index is 2.64. The number of allylic oxidation sites excluding steroid dienone is 4. The molecule has 8 nitrogen and oxygen atoms in total. The van der Waals surface area contributed by atoms with Crippen LogP contribution in [-0.2, 0) is 23.9 Å². The second-order valence-electron chi connectivity index (χ2n) is 10.2. The van der Waals surface area contributed by atoms with Crippen molar-refractivity contribution in [1.82, 2.24) is 10.6 Å². The second kappa shape index (κ2) is 16.3. The number of hydrogen-bond acceptors (Lipinski definition) is 6. The number of cyclic esters (lactones) is 1. The molecule has 0 radical (unpaired) electrons. The Morgan fingerprint density at radius 3 is 2.58 bits per heavy atom. The fourth-order valence-corrected chi connectivity index (χ4v) is 3.59. The molecule has 0 saturated heterocycles. The highest BCUT2D eigenvalue weighted by Crippen LogP contribution is 2.23. The van der Waals surface area contributed by atoms with Crippen LogP contribution in [0.15, 0.2) is 60.1 Å². The summed E-state index contributed by atoms with van der Waals surface area (Å²) >= 11 is 0. The van der Waals surface area contributed by atoms with Crippen LogP contribution >= 0.6 is 0 Å². The molecule has 4 atom stereocenters. The van der Waals surface area contributed by atoms with Crippen molar-refractivity contribution < 1.29 is 29.0 Å². The molecule has 0 aliphatic carbocycles. The van der Waals surface area contributed by atoms with Crippen LogP contribution in [0.1, 0.15) is 60.8 Å². The highest BCUT2D eigenvalue weighted by atomic mass is 16.6. The fourth-order valence-electron chi connectivity index (χ4n) is 3.59. The third-order valence-electron chi connectivity index (χ3n) is 5.73. The summed E-state index contributed by atoms with van der Waals surface area (Å²) in [5, 5.41) is 15.2. The lowest BCUT2D eigenvalue weighted by Crippen LogP contribution is -2.52. The highest BCUT2D eigenvalue weighted by molar-refractivity contribution is 5.93. The monoisotopic (exact) mass is 526 g/mol. The number of rotatable bonds is 12. The number of esters is 1. The van der Waals surface area contributed by atoms with Crippen LogP contribution in [0.2, 0.25) is 0 Å². The molecule has 0 bridgehead atoms. The van der Waals surface area contributed by atoms with Crippen molar-refractivity contribution in [2.45, 2.75) is 79.1 Å². The van der Waals surface area contributed by atoms with Crippen LogP contribution in [0.25, 0.3) is 0 Å². The fraction of sp³-hybridized carbons (Fsp3) is 0.500. The Morgan fingerprint density at radius 1 is 1.29 bits per heavy atom. The van der Waals surface area contributed by atoms with Gasteiger partial charge in [-0.15, -0.1) is 11.8 Å². The van der Waals surface area contributed by atoms with Crippen molar-refractivity contribution in [2.24, 2.45) is 11.3 Å². The first-order valence-electron chi connectivity index (χ1n) is 12.7. The largest absolute Gasteiger partial charge is 0.490 e. The van der Waals surface area contributed by atoms with Crippen LogP contribution in [0.4, 0.5) is 0 Å². The molecule has 1 heterocycles. The Kier molecular flexibility index (Phi) is 13.9. The Bertz CT molecular complexity index is 1030. The Morgan fingerprint density at radius 2 is 1.97 bits per heavy atom. The second-order valence-corrected chi connectivity index (χ2v) is 10.2. The number of methoxy groups -OCH3 is 1. The quantitative estimate of drug-likeness (QED) is 0.154. The molecule has 0 saturated carbocycles. The minimum absolute atomic E-state index is 0.00100. The molecule has 208 valence electrons. The summed E-state index contributed by atoms with van der Waals surface area (Å²) in [4.78, 5) is 37.0. The van der Waals surface area contributed by atoms with Gasteiger partial charge in [0.25, 0.3) is 0 Å². The first kappa shape index (κ1) is 32.5. The first-order valence-corrected chi connectivity index (χ1v) is 12.7. The van der Waals surface area contributed by atoms with Crippen LogP contribution in [0.5, 0.6) is 0 Å². The van der Waals surface area contributed by atoms with E-state index in [0.29, 0.717) is 19.3 Å². The SMILES string of the molecule is CC#CCC(O)CC=CNC(=O)C(NC(=O)C=CC=CC(C)=CC(C)C1CC=C(OC)C(=O)O1)C(C)(C)C. The number of carbonyl (C=O) groups excluding carboxylic acids is 3. The van der Waals surface area contributed by atoms with E-state index in [9.17, 15) is 19.5 Å². The van der Waals surface area contributed by atoms with Crippen molar-refractivity contribution in [3.8, 4) is 11.8 Å². The van der Waals surface area contributed by atoms with Gasteiger partial charge in [0, 0.05) is 24.8 Å². The number of hydrogen-bond donors (Lipinski definition) is 3. The third kappa shape index (κ3) is 12.1. The van der Waals surface area contributed by atoms with Crippen LogP contribution in [0.3, 0.4) is 0 Å². The van der Waals surface area contributed by atoms with E-state index in [-0.39, 0.29) is 23.7 Å². The normalized spacial score (nSPS) is 18.8. The van der Waals surface area contributed by atoms with Crippen molar-refractivity contribution in [3.63, 3.8) is 0 Å². The summed E-state index contributed by atoms with van der Waals surface area (Å²) in [5.41, 5.74) is 0.427. The molecule has 0 aromatic carbocycles. The van der Waals surface area contributed by atoms with Gasteiger partial charge in [0.1, 0.15) is 12.1 Å².